The second kappa shape index (κ2) is 6.75. The van der Waals surface area contributed by atoms with Crippen molar-refractivity contribution >= 4 is 30.8 Å². The predicted octanol–water partition coefficient (Wildman–Crippen LogP) is 6.39. The van der Waals surface area contributed by atoms with Crippen LogP contribution < -0.4 is 0 Å². The fraction of sp³-hybridized carbons (Fsp3) is 0.130. The summed E-state index contributed by atoms with van der Waals surface area (Å²) in [4.78, 5) is 0. The van der Waals surface area contributed by atoms with Crippen LogP contribution >= 0.6 is 9.24 Å². The molecule has 0 aliphatic heterocycles. The predicted molar refractivity (Wildman–Crippen MR) is 109 cm³/mol. The van der Waals surface area contributed by atoms with Gasteiger partial charge in [-0.25, -0.2) is 0 Å². The zero-order valence-electron chi connectivity index (χ0n) is 13.7. The van der Waals surface area contributed by atoms with E-state index >= 15 is 0 Å². The Morgan fingerprint density at radius 3 is 1.54 bits per heavy atom. The first-order chi connectivity index (χ1) is 11.9. The highest BCUT2D eigenvalue weighted by molar-refractivity contribution is 7.16. The van der Waals surface area contributed by atoms with Gasteiger partial charge in [-0.15, -0.1) is 9.24 Å². The average Bonchev–Trinajstić information content (AvgIpc) is 2.65. The number of hydrogen-bond donors (Lipinski definition) is 0. The average molecular weight is 328 g/mol. The van der Waals surface area contributed by atoms with Gasteiger partial charge in [-0.3, -0.25) is 0 Å². The maximum atomic E-state index is 2.90. The third-order valence-corrected chi connectivity index (χ3v) is 5.19. The lowest BCUT2D eigenvalue weighted by atomic mass is 9.84. The monoisotopic (exact) mass is 328 g/mol. The highest BCUT2D eigenvalue weighted by Crippen LogP contribution is 2.37. The van der Waals surface area contributed by atoms with Crippen LogP contribution in [0.15, 0.2) is 84.9 Å². The van der Waals surface area contributed by atoms with Crippen LogP contribution in [0.25, 0.3) is 21.5 Å². The molecule has 0 spiro atoms. The van der Waals surface area contributed by atoms with Crippen LogP contribution in [0.4, 0.5) is 0 Å². The van der Waals surface area contributed by atoms with Crippen molar-refractivity contribution in [1.82, 2.24) is 0 Å². The number of benzene rings is 4. The van der Waals surface area contributed by atoms with Crippen LogP contribution in [-0.4, -0.2) is 6.16 Å². The van der Waals surface area contributed by atoms with Gasteiger partial charge in [0.25, 0.3) is 0 Å². The topological polar surface area (TPSA) is 0 Å². The van der Waals surface area contributed by atoms with E-state index in [-0.39, 0.29) is 0 Å². The third-order valence-electron chi connectivity index (χ3n) is 4.85. The van der Waals surface area contributed by atoms with E-state index in [1.54, 1.807) is 0 Å². The van der Waals surface area contributed by atoms with E-state index in [0.29, 0.717) is 5.92 Å². The molecule has 0 saturated carbocycles. The van der Waals surface area contributed by atoms with E-state index in [2.05, 4.69) is 94.2 Å². The van der Waals surface area contributed by atoms with Crippen molar-refractivity contribution in [3.05, 3.63) is 96.1 Å². The molecule has 0 bridgehead atoms. The Balaban J connectivity index is 1.96. The van der Waals surface area contributed by atoms with Crippen molar-refractivity contribution < 1.29 is 0 Å². The smallest absolute Gasteiger partial charge is 0.0105 e. The summed E-state index contributed by atoms with van der Waals surface area (Å²) in [7, 11) is 2.90. The molecule has 0 saturated heterocycles. The molecule has 24 heavy (non-hydrogen) atoms. The maximum absolute atomic E-state index is 2.90. The van der Waals surface area contributed by atoms with Gasteiger partial charge in [-0.05, 0) is 45.3 Å². The summed E-state index contributed by atoms with van der Waals surface area (Å²) in [5.41, 5.74) is 2.87. The maximum Gasteiger partial charge on any atom is 0.0105 e. The largest absolute Gasteiger partial charge is 0.138 e. The van der Waals surface area contributed by atoms with Gasteiger partial charge in [0.05, 0.1) is 0 Å². The lowest BCUT2D eigenvalue weighted by Crippen LogP contribution is -2.04. The Morgan fingerprint density at radius 2 is 1.04 bits per heavy atom. The van der Waals surface area contributed by atoms with Crippen molar-refractivity contribution in [3.63, 3.8) is 0 Å². The van der Waals surface area contributed by atoms with E-state index in [1.165, 1.54) is 32.7 Å². The molecule has 0 radical (unpaired) electrons. The SMILES string of the molecule is PCCC(c1cccc2ccccc12)c1cccc2ccccc12. The Labute approximate surface area is 145 Å². The highest BCUT2D eigenvalue weighted by atomic mass is 31.0. The Morgan fingerprint density at radius 1 is 0.583 bits per heavy atom. The highest BCUT2D eigenvalue weighted by Gasteiger charge is 2.17. The zero-order chi connectivity index (χ0) is 16.4. The van der Waals surface area contributed by atoms with Crippen molar-refractivity contribution in [3.8, 4) is 0 Å². The molecular weight excluding hydrogens is 307 g/mol. The fourth-order valence-electron chi connectivity index (χ4n) is 3.75. The normalized spacial score (nSPS) is 11.4. The molecule has 4 aromatic rings. The molecule has 0 N–H and O–H groups in total. The number of hydrogen-bond acceptors (Lipinski definition) is 0. The van der Waals surface area contributed by atoms with Crippen LogP contribution in [0, 0.1) is 0 Å². The van der Waals surface area contributed by atoms with Crippen LogP contribution in [0.2, 0.25) is 0 Å². The second-order valence-corrected chi connectivity index (χ2v) is 6.84. The molecule has 0 nitrogen and oxygen atoms in total. The van der Waals surface area contributed by atoms with Crippen molar-refractivity contribution in [1.29, 1.82) is 0 Å². The van der Waals surface area contributed by atoms with Gasteiger partial charge >= 0.3 is 0 Å². The summed E-state index contributed by atoms with van der Waals surface area (Å²) in [6, 6.07) is 30.9. The molecule has 4 rings (SSSR count). The van der Waals surface area contributed by atoms with Crippen LogP contribution in [0.5, 0.6) is 0 Å². The van der Waals surface area contributed by atoms with Gasteiger partial charge in [0.15, 0.2) is 0 Å². The van der Waals surface area contributed by atoms with Crippen molar-refractivity contribution in [2.24, 2.45) is 0 Å². The molecule has 1 atom stereocenters. The number of rotatable bonds is 4. The van der Waals surface area contributed by atoms with Crippen LogP contribution in [-0.2, 0) is 0 Å². The quantitative estimate of drug-likeness (QED) is 0.381. The molecule has 4 aromatic carbocycles. The Hall–Kier alpha value is -2.17. The van der Waals surface area contributed by atoms with Crippen molar-refractivity contribution in [2.75, 3.05) is 6.16 Å². The summed E-state index contributed by atoms with van der Waals surface area (Å²) in [5.74, 6) is 0.416. The molecule has 118 valence electrons. The third kappa shape index (κ3) is 2.72. The van der Waals surface area contributed by atoms with Gasteiger partial charge in [-0.2, -0.15) is 0 Å². The summed E-state index contributed by atoms with van der Waals surface area (Å²) < 4.78 is 0. The summed E-state index contributed by atoms with van der Waals surface area (Å²) in [6.07, 6.45) is 2.23. The van der Waals surface area contributed by atoms with E-state index in [1.807, 2.05) is 0 Å². The lowest BCUT2D eigenvalue weighted by Gasteiger charge is -2.21. The molecular formula is C23H21P. The minimum Gasteiger partial charge on any atom is -0.138 e. The molecule has 0 amide bonds. The van der Waals surface area contributed by atoms with Gasteiger partial charge in [0.1, 0.15) is 0 Å². The van der Waals surface area contributed by atoms with Gasteiger partial charge < -0.3 is 0 Å². The fourth-order valence-corrected chi connectivity index (χ4v) is 4.09. The molecule has 0 aliphatic rings. The van der Waals surface area contributed by atoms with Crippen LogP contribution in [0.1, 0.15) is 23.5 Å². The molecule has 0 aromatic heterocycles. The minimum absolute atomic E-state index is 0.416. The van der Waals surface area contributed by atoms with E-state index < -0.39 is 0 Å². The standard InChI is InChI=1S/C23H21P/c24-16-15-23(21-13-5-9-17-7-1-3-11-19(17)21)22-14-6-10-18-8-2-4-12-20(18)22/h1-14,23H,15-16,24H2. The van der Waals surface area contributed by atoms with E-state index in [9.17, 15) is 0 Å². The van der Waals surface area contributed by atoms with Gasteiger partial charge in [0.2, 0.25) is 0 Å². The second-order valence-electron chi connectivity index (χ2n) is 6.27. The summed E-state index contributed by atoms with van der Waals surface area (Å²) in [5, 5.41) is 5.39. The summed E-state index contributed by atoms with van der Waals surface area (Å²) in [6.45, 7) is 0. The minimum atomic E-state index is 0.416. The Kier molecular flexibility index (Phi) is 4.32. The first kappa shape index (κ1) is 15.4. The van der Waals surface area contributed by atoms with Crippen LogP contribution in [0.3, 0.4) is 0 Å². The van der Waals surface area contributed by atoms with E-state index in [4.69, 9.17) is 0 Å². The summed E-state index contributed by atoms with van der Waals surface area (Å²) >= 11 is 0. The van der Waals surface area contributed by atoms with Gasteiger partial charge in [0, 0.05) is 5.92 Å². The van der Waals surface area contributed by atoms with E-state index in [0.717, 1.165) is 12.6 Å². The van der Waals surface area contributed by atoms with Gasteiger partial charge in [-0.1, -0.05) is 84.9 Å². The molecule has 1 heteroatoms. The first-order valence-electron chi connectivity index (χ1n) is 8.54. The lowest BCUT2D eigenvalue weighted by molar-refractivity contribution is 0.799. The first-order valence-corrected chi connectivity index (χ1v) is 9.35. The molecule has 0 heterocycles. The molecule has 0 aliphatic carbocycles. The van der Waals surface area contributed by atoms with Crippen molar-refractivity contribution in [2.45, 2.75) is 12.3 Å². The molecule has 0 fully saturated rings. The number of fused-ring (bicyclic) bond motifs is 2. The zero-order valence-corrected chi connectivity index (χ0v) is 14.8. The Bertz CT molecular complexity index is 897. The molecule has 1 unspecified atom stereocenters.